The highest BCUT2D eigenvalue weighted by atomic mass is 16.1. The van der Waals surface area contributed by atoms with E-state index in [2.05, 4.69) is 9.97 Å². The van der Waals surface area contributed by atoms with Crippen molar-refractivity contribution in [1.29, 1.82) is 5.41 Å². The van der Waals surface area contributed by atoms with Crippen LogP contribution < -0.4 is 11.3 Å². The number of benzene rings is 2. The number of nitrogen functional groups attached to an aromatic ring is 1. The third-order valence-electron chi connectivity index (χ3n) is 4.20. The van der Waals surface area contributed by atoms with E-state index >= 15 is 0 Å². The molecule has 0 spiro atoms. The van der Waals surface area contributed by atoms with Gasteiger partial charge >= 0.3 is 0 Å². The van der Waals surface area contributed by atoms with Gasteiger partial charge < -0.3 is 20.7 Å². The fraction of sp³-hybridized carbons (Fsp3) is 0. The molecule has 6 heteroatoms. The molecule has 0 bridgehead atoms. The highest BCUT2D eigenvalue weighted by molar-refractivity contribution is 6.00. The smallest absolute Gasteiger partial charge is 0.275 e. The zero-order valence-corrected chi connectivity index (χ0v) is 13.2. The third kappa shape index (κ3) is 2.31. The van der Waals surface area contributed by atoms with Crippen LogP contribution in [0.4, 0.5) is 5.69 Å². The number of aromatic amines is 1. The number of nitrogens with zero attached hydrogens (tertiary/aromatic N) is 2. The Morgan fingerprint density at radius 2 is 1.88 bits per heavy atom. The molecule has 4 N–H and O–H groups in total. The van der Waals surface area contributed by atoms with Gasteiger partial charge in [-0.1, -0.05) is 36.4 Å². The van der Waals surface area contributed by atoms with Crippen LogP contribution >= 0.6 is 0 Å². The summed E-state index contributed by atoms with van der Waals surface area (Å²) in [5, 5.41) is 7.50. The van der Waals surface area contributed by atoms with Gasteiger partial charge in [-0.3, -0.25) is 4.79 Å². The number of aromatic nitrogens is 3. The third-order valence-corrected chi connectivity index (χ3v) is 4.20. The van der Waals surface area contributed by atoms with E-state index in [1.807, 2.05) is 53.2 Å². The number of hydrogen-bond acceptors (Lipinski definition) is 4. The number of nitrogens with two attached hydrogens (primary N) is 1. The average molecular weight is 329 g/mol. The Kier molecular flexibility index (Phi) is 3.43. The summed E-state index contributed by atoms with van der Waals surface area (Å²) in [5.74, 6) is 0. The molecule has 4 rings (SSSR count). The summed E-state index contributed by atoms with van der Waals surface area (Å²) in [5.41, 5.74) is 10.5. The molecule has 0 unspecified atom stereocenters. The number of nitrogens with one attached hydrogen (secondary N) is 2. The van der Waals surface area contributed by atoms with E-state index in [4.69, 9.17) is 11.1 Å². The van der Waals surface area contributed by atoms with Crippen LogP contribution in [0.3, 0.4) is 0 Å². The van der Waals surface area contributed by atoms with Crippen molar-refractivity contribution in [3.8, 4) is 16.8 Å². The first-order valence-corrected chi connectivity index (χ1v) is 7.74. The molecule has 2 heterocycles. The predicted molar refractivity (Wildman–Crippen MR) is 99.4 cm³/mol. The summed E-state index contributed by atoms with van der Waals surface area (Å²) < 4.78 is 1.81. The van der Waals surface area contributed by atoms with E-state index in [9.17, 15) is 4.79 Å². The lowest BCUT2D eigenvalue weighted by molar-refractivity contribution is 1.08. The standard InChI is InChI=1S/C19H15N5O/c20-9-12-5-4-8-14(16(12)21)15-10-24(13-6-2-1-3-7-13)18-17(15)22-11-23-19(18)25/h1-11,20H,21H2,(H,22,23,25). The lowest BCUT2D eigenvalue weighted by Gasteiger charge is -2.06. The van der Waals surface area contributed by atoms with E-state index in [1.54, 1.807) is 6.07 Å². The monoisotopic (exact) mass is 329 g/mol. The molecule has 2 aromatic carbocycles. The highest BCUT2D eigenvalue weighted by Gasteiger charge is 2.17. The Balaban J connectivity index is 2.09. The van der Waals surface area contributed by atoms with Gasteiger partial charge in [0.05, 0.1) is 6.33 Å². The number of fused-ring (bicyclic) bond motifs is 1. The summed E-state index contributed by atoms with van der Waals surface area (Å²) in [7, 11) is 0. The van der Waals surface area contributed by atoms with Crippen molar-refractivity contribution in [2.75, 3.05) is 5.73 Å². The summed E-state index contributed by atoms with van der Waals surface area (Å²) in [6.45, 7) is 0. The fourth-order valence-electron chi connectivity index (χ4n) is 3.00. The second kappa shape index (κ2) is 5.76. The molecule has 25 heavy (non-hydrogen) atoms. The maximum atomic E-state index is 12.4. The SMILES string of the molecule is N=Cc1cccc(-c2cn(-c3ccccc3)c3c(=O)[nH]cnc23)c1N. The van der Waals surface area contributed by atoms with Crippen LogP contribution in [-0.4, -0.2) is 20.7 Å². The Bertz CT molecular complexity index is 1140. The predicted octanol–water partition coefficient (Wildman–Crippen LogP) is 2.96. The van der Waals surface area contributed by atoms with Crippen molar-refractivity contribution < 1.29 is 0 Å². The fourth-order valence-corrected chi connectivity index (χ4v) is 3.00. The zero-order valence-electron chi connectivity index (χ0n) is 13.2. The molecule has 0 saturated carbocycles. The summed E-state index contributed by atoms with van der Waals surface area (Å²) in [6, 6.07) is 15.1. The van der Waals surface area contributed by atoms with Crippen LogP contribution in [0.5, 0.6) is 0 Å². The highest BCUT2D eigenvalue weighted by Crippen LogP contribution is 2.34. The number of H-pyrrole nitrogens is 1. The minimum absolute atomic E-state index is 0.220. The van der Waals surface area contributed by atoms with Crippen molar-refractivity contribution >= 4 is 22.9 Å². The largest absolute Gasteiger partial charge is 0.398 e. The molecule has 0 radical (unpaired) electrons. The average Bonchev–Trinajstić information content (AvgIpc) is 3.03. The topological polar surface area (TPSA) is 101 Å². The molecule has 122 valence electrons. The summed E-state index contributed by atoms with van der Waals surface area (Å²) in [4.78, 5) is 19.4. The molecular formula is C19H15N5O. The second-order valence-corrected chi connectivity index (χ2v) is 5.63. The molecule has 0 aliphatic rings. The molecule has 2 aromatic heterocycles. The van der Waals surface area contributed by atoms with Gasteiger partial charge in [-0.25, -0.2) is 4.98 Å². The molecule has 6 nitrogen and oxygen atoms in total. The molecule has 0 fully saturated rings. The van der Waals surface area contributed by atoms with Gasteiger partial charge in [0, 0.05) is 40.5 Å². The van der Waals surface area contributed by atoms with Gasteiger partial charge in [-0.05, 0) is 12.1 Å². The van der Waals surface area contributed by atoms with E-state index in [-0.39, 0.29) is 5.56 Å². The van der Waals surface area contributed by atoms with Gasteiger partial charge in [0.25, 0.3) is 5.56 Å². The van der Waals surface area contributed by atoms with Crippen molar-refractivity contribution in [2.24, 2.45) is 0 Å². The first kappa shape index (κ1) is 14.9. The van der Waals surface area contributed by atoms with Crippen LogP contribution in [0, 0.1) is 5.41 Å². The van der Waals surface area contributed by atoms with E-state index in [1.165, 1.54) is 12.5 Å². The van der Waals surface area contributed by atoms with E-state index in [0.29, 0.717) is 22.3 Å². The van der Waals surface area contributed by atoms with Gasteiger partial charge in [0.1, 0.15) is 11.0 Å². The minimum atomic E-state index is -0.220. The number of anilines is 1. The van der Waals surface area contributed by atoms with Gasteiger partial charge in [0.2, 0.25) is 0 Å². The van der Waals surface area contributed by atoms with Crippen molar-refractivity contribution in [1.82, 2.24) is 14.5 Å². The van der Waals surface area contributed by atoms with Crippen molar-refractivity contribution in [2.45, 2.75) is 0 Å². The molecule has 0 amide bonds. The zero-order chi connectivity index (χ0) is 17.4. The molecule has 0 aliphatic heterocycles. The van der Waals surface area contributed by atoms with Crippen molar-refractivity contribution in [3.05, 3.63) is 77.0 Å². The first-order valence-electron chi connectivity index (χ1n) is 7.74. The number of hydrogen-bond donors (Lipinski definition) is 3. The summed E-state index contributed by atoms with van der Waals surface area (Å²) >= 11 is 0. The quantitative estimate of drug-likeness (QED) is 0.398. The van der Waals surface area contributed by atoms with Crippen LogP contribution in [0.2, 0.25) is 0 Å². The number of rotatable bonds is 3. The van der Waals surface area contributed by atoms with E-state index in [0.717, 1.165) is 16.8 Å². The Labute approximate surface area is 143 Å². The minimum Gasteiger partial charge on any atom is -0.398 e. The summed E-state index contributed by atoms with van der Waals surface area (Å²) in [6.07, 6.45) is 4.47. The lowest BCUT2D eigenvalue weighted by Crippen LogP contribution is -2.09. The lowest BCUT2D eigenvalue weighted by atomic mass is 10.0. The second-order valence-electron chi connectivity index (χ2n) is 5.63. The van der Waals surface area contributed by atoms with Crippen LogP contribution in [0.1, 0.15) is 5.56 Å². The van der Waals surface area contributed by atoms with Gasteiger partial charge in [0.15, 0.2) is 0 Å². The normalized spacial score (nSPS) is 10.9. The maximum absolute atomic E-state index is 12.4. The molecule has 4 aromatic rings. The Morgan fingerprint density at radius 3 is 2.64 bits per heavy atom. The Hall–Kier alpha value is -3.67. The van der Waals surface area contributed by atoms with E-state index < -0.39 is 0 Å². The maximum Gasteiger partial charge on any atom is 0.275 e. The molecular weight excluding hydrogens is 314 g/mol. The molecule has 0 aliphatic carbocycles. The van der Waals surface area contributed by atoms with Crippen LogP contribution in [0.15, 0.2) is 65.8 Å². The Morgan fingerprint density at radius 1 is 1.08 bits per heavy atom. The van der Waals surface area contributed by atoms with Crippen molar-refractivity contribution in [3.63, 3.8) is 0 Å². The van der Waals surface area contributed by atoms with Crippen LogP contribution in [0.25, 0.3) is 27.8 Å². The molecule has 0 saturated heterocycles. The molecule has 0 atom stereocenters. The van der Waals surface area contributed by atoms with Crippen LogP contribution in [-0.2, 0) is 0 Å². The van der Waals surface area contributed by atoms with Gasteiger partial charge in [-0.15, -0.1) is 0 Å². The van der Waals surface area contributed by atoms with Gasteiger partial charge in [-0.2, -0.15) is 0 Å². The first-order chi connectivity index (χ1) is 12.2. The number of para-hydroxylation sites is 2.